The summed E-state index contributed by atoms with van der Waals surface area (Å²) in [5.74, 6) is 0. The Hall–Kier alpha value is -1.64. The minimum absolute atomic E-state index is 0.677. The first-order valence-electron chi connectivity index (χ1n) is 5.21. The zero-order valence-corrected chi connectivity index (χ0v) is 9.12. The largest absolute Gasteiger partial charge is 0.336 e. The van der Waals surface area contributed by atoms with E-state index in [1.54, 1.807) is 6.20 Å². The van der Waals surface area contributed by atoms with Crippen LogP contribution in [0.4, 0.5) is 0 Å². The maximum Gasteiger partial charge on any atom is 0.139 e. The predicted molar refractivity (Wildman–Crippen MR) is 62.5 cm³/mol. The third-order valence-electron chi connectivity index (χ3n) is 2.56. The van der Waals surface area contributed by atoms with Gasteiger partial charge in [0.25, 0.3) is 0 Å². The zero-order valence-electron chi connectivity index (χ0n) is 9.12. The van der Waals surface area contributed by atoms with E-state index in [-0.39, 0.29) is 0 Å². The van der Waals surface area contributed by atoms with Crippen molar-refractivity contribution in [1.82, 2.24) is 9.55 Å². The zero-order chi connectivity index (χ0) is 10.8. The molecule has 2 heterocycles. The fourth-order valence-electron chi connectivity index (χ4n) is 1.71. The topological polar surface area (TPSA) is 41.7 Å². The van der Waals surface area contributed by atoms with Gasteiger partial charge in [-0.3, -0.25) is 0 Å². The van der Waals surface area contributed by atoms with E-state index in [0.29, 0.717) is 5.71 Å². The second kappa shape index (κ2) is 3.85. The molecule has 0 atom stereocenters. The van der Waals surface area contributed by atoms with Crippen LogP contribution in [-0.2, 0) is 7.05 Å². The summed E-state index contributed by atoms with van der Waals surface area (Å²) in [7, 11) is 1.98. The van der Waals surface area contributed by atoms with Gasteiger partial charge in [-0.25, -0.2) is 4.98 Å². The number of pyridine rings is 1. The first-order chi connectivity index (χ1) is 7.22. The molecule has 0 unspecified atom stereocenters. The highest BCUT2D eigenvalue weighted by atomic mass is 15.0. The van der Waals surface area contributed by atoms with E-state index in [2.05, 4.69) is 11.9 Å². The lowest BCUT2D eigenvalue weighted by molar-refractivity contribution is 0.947. The van der Waals surface area contributed by atoms with Crippen molar-refractivity contribution in [3.63, 3.8) is 0 Å². The van der Waals surface area contributed by atoms with Crippen LogP contribution < -0.4 is 0 Å². The lowest BCUT2D eigenvalue weighted by Gasteiger charge is -2.02. The third kappa shape index (κ3) is 1.77. The molecular formula is C12H15N3. The fraction of sp³-hybridized carbons (Fsp3) is 0.333. The Labute approximate surface area is 89.3 Å². The van der Waals surface area contributed by atoms with Crippen LogP contribution in [0.2, 0.25) is 0 Å². The maximum absolute atomic E-state index is 7.86. The standard InChI is InChI=1S/C12H15N3/c1-3-4-11(13)10-7-9-5-6-15(2)12(9)14-8-10/h5-8,13H,3-4H2,1-2H3. The molecule has 0 spiro atoms. The van der Waals surface area contributed by atoms with Crippen LogP contribution in [0.15, 0.2) is 24.5 Å². The molecule has 0 aromatic carbocycles. The maximum atomic E-state index is 7.86. The van der Waals surface area contributed by atoms with Crippen LogP contribution in [0.5, 0.6) is 0 Å². The van der Waals surface area contributed by atoms with E-state index in [4.69, 9.17) is 5.41 Å². The smallest absolute Gasteiger partial charge is 0.139 e. The van der Waals surface area contributed by atoms with Crippen LogP contribution in [0, 0.1) is 5.41 Å². The molecule has 0 amide bonds. The van der Waals surface area contributed by atoms with Gasteiger partial charge >= 0.3 is 0 Å². The van der Waals surface area contributed by atoms with Crippen molar-refractivity contribution in [1.29, 1.82) is 5.41 Å². The molecule has 0 aliphatic heterocycles. The molecule has 0 fully saturated rings. The van der Waals surface area contributed by atoms with Gasteiger partial charge in [-0.2, -0.15) is 0 Å². The highest BCUT2D eigenvalue weighted by molar-refractivity contribution is 6.00. The molecule has 0 saturated heterocycles. The summed E-state index contributed by atoms with van der Waals surface area (Å²) in [6.07, 6.45) is 5.61. The minimum atomic E-state index is 0.677. The van der Waals surface area contributed by atoms with Crippen molar-refractivity contribution in [2.75, 3.05) is 0 Å². The van der Waals surface area contributed by atoms with E-state index in [1.165, 1.54) is 0 Å². The molecule has 1 N–H and O–H groups in total. The van der Waals surface area contributed by atoms with Crippen molar-refractivity contribution in [3.05, 3.63) is 30.1 Å². The molecule has 0 saturated carbocycles. The second-order valence-corrected chi connectivity index (χ2v) is 3.79. The Kier molecular flexibility index (Phi) is 2.54. The highest BCUT2D eigenvalue weighted by Crippen LogP contribution is 2.15. The predicted octanol–water partition coefficient (Wildman–Crippen LogP) is 2.74. The van der Waals surface area contributed by atoms with Crippen LogP contribution in [0.25, 0.3) is 11.0 Å². The van der Waals surface area contributed by atoms with E-state index in [1.807, 2.05) is 29.9 Å². The Bertz CT molecular complexity index is 497. The molecule has 2 aromatic rings. The molecule has 3 nitrogen and oxygen atoms in total. The van der Waals surface area contributed by atoms with Crippen LogP contribution >= 0.6 is 0 Å². The van der Waals surface area contributed by atoms with Gasteiger partial charge in [-0.1, -0.05) is 13.3 Å². The van der Waals surface area contributed by atoms with Gasteiger partial charge < -0.3 is 9.98 Å². The van der Waals surface area contributed by atoms with Crippen molar-refractivity contribution in [3.8, 4) is 0 Å². The third-order valence-corrected chi connectivity index (χ3v) is 2.56. The lowest BCUT2D eigenvalue weighted by Crippen LogP contribution is -1.99. The number of aromatic nitrogens is 2. The summed E-state index contributed by atoms with van der Waals surface area (Å²) < 4.78 is 1.99. The molecule has 3 heteroatoms. The second-order valence-electron chi connectivity index (χ2n) is 3.79. The van der Waals surface area contributed by atoms with Gasteiger partial charge in [0.1, 0.15) is 5.65 Å². The average molecular weight is 201 g/mol. The van der Waals surface area contributed by atoms with E-state index in [0.717, 1.165) is 29.4 Å². The van der Waals surface area contributed by atoms with Crippen molar-refractivity contribution >= 4 is 16.7 Å². The summed E-state index contributed by atoms with van der Waals surface area (Å²) in [6.45, 7) is 2.09. The van der Waals surface area contributed by atoms with E-state index < -0.39 is 0 Å². The minimum Gasteiger partial charge on any atom is -0.336 e. The van der Waals surface area contributed by atoms with E-state index >= 15 is 0 Å². The molecule has 0 aliphatic rings. The van der Waals surface area contributed by atoms with Crippen LogP contribution in [-0.4, -0.2) is 15.3 Å². The first-order valence-corrected chi connectivity index (χ1v) is 5.21. The van der Waals surface area contributed by atoms with Crippen molar-refractivity contribution in [2.24, 2.45) is 7.05 Å². The molecular weight excluding hydrogens is 186 g/mol. The van der Waals surface area contributed by atoms with Gasteiger partial charge in [0.05, 0.1) is 0 Å². The molecule has 0 bridgehead atoms. The van der Waals surface area contributed by atoms with Crippen LogP contribution in [0.3, 0.4) is 0 Å². The summed E-state index contributed by atoms with van der Waals surface area (Å²) in [5.41, 5.74) is 2.59. The number of hydrogen-bond donors (Lipinski definition) is 1. The van der Waals surface area contributed by atoms with Gasteiger partial charge in [0.15, 0.2) is 0 Å². The molecule has 2 rings (SSSR count). The molecule has 0 radical (unpaired) electrons. The Morgan fingerprint density at radius 3 is 3.07 bits per heavy atom. The number of nitrogens with zero attached hydrogens (tertiary/aromatic N) is 2. The normalized spacial score (nSPS) is 10.8. The Morgan fingerprint density at radius 2 is 2.33 bits per heavy atom. The molecule has 15 heavy (non-hydrogen) atoms. The van der Waals surface area contributed by atoms with Crippen molar-refractivity contribution in [2.45, 2.75) is 19.8 Å². The summed E-state index contributed by atoms with van der Waals surface area (Å²) in [5, 5.41) is 8.97. The summed E-state index contributed by atoms with van der Waals surface area (Å²) >= 11 is 0. The van der Waals surface area contributed by atoms with Gasteiger partial charge in [-0.15, -0.1) is 0 Å². The van der Waals surface area contributed by atoms with Crippen LogP contribution in [0.1, 0.15) is 25.3 Å². The number of nitrogens with one attached hydrogen (secondary N) is 1. The first kappa shape index (κ1) is 9.90. The number of hydrogen-bond acceptors (Lipinski definition) is 2. The van der Waals surface area contributed by atoms with Gasteiger partial charge in [0, 0.05) is 36.1 Å². The number of rotatable bonds is 3. The van der Waals surface area contributed by atoms with Gasteiger partial charge in [-0.05, 0) is 18.6 Å². The average Bonchev–Trinajstić information content (AvgIpc) is 2.60. The Balaban J connectivity index is 2.43. The highest BCUT2D eigenvalue weighted by Gasteiger charge is 2.04. The number of fused-ring (bicyclic) bond motifs is 1. The Morgan fingerprint density at radius 1 is 1.53 bits per heavy atom. The fourth-order valence-corrected chi connectivity index (χ4v) is 1.71. The summed E-state index contributed by atoms with van der Waals surface area (Å²) in [6, 6.07) is 4.07. The quantitative estimate of drug-likeness (QED) is 0.762. The monoisotopic (exact) mass is 201 g/mol. The van der Waals surface area contributed by atoms with Gasteiger partial charge in [0.2, 0.25) is 0 Å². The van der Waals surface area contributed by atoms with Crippen molar-refractivity contribution < 1.29 is 0 Å². The summed E-state index contributed by atoms with van der Waals surface area (Å²) in [4.78, 5) is 4.37. The SMILES string of the molecule is CCCC(=N)c1cnc2c(ccn2C)c1. The molecule has 2 aromatic heterocycles. The molecule has 0 aliphatic carbocycles. The lowest BCUT2D eigenvalue weighted by atomic mass is 10.1. The molecule has 78 valence electrons. The number of aryl methyl sites for hydroxylation is 1. The van der Waals surface area contributed by atoms with E-state index in [9.17, 15) is 0 Å².